The van der Waals surface area contributed by atoms with E-state index in [0.29, 0.717) is 5.38 Å². The van der Waals surface area contributed by atoms with Crippen molar-refractivity contribution in [1.29, 1.82) is 0 Å². The van der Waals surface area contributed by atoms with Crippen LogP contribution in [0.25, 0.3) is 0 Å². The van der Waals surface area contributed by atoms with E-state index in [0.717, 1.165) is 6.04 Å². The summed E-state index contributed by atoms with van der Waals surface area (Å²) in [6.07, 6.45) is 10.4. The molecule has 1 aliphatic carbocycles. The Hall–Kier alpha value is 0.250. The maximum absolute atomic E-state index is 6.06. The summed E-state index contributed by atoms with van der Waals surface area (Å²) < 4.78 is 0. The van der Waals surface area contributed by atoms with Gasteiger partial charge in [-0.1, -0.05) is 26.2 Å². The first-order chi connectivity index (χ1) is 6.83. The molecule has 1 rings (SSSR count). The van der Waals surface area contributed by atoms with E-state index in [9.17, 15) is 0 Å². The fourth-order valence-electron chi connectivity index (χ4n) is 2.11. The molecule has 0 spiro atoms. The lowest BCUT2D eigenvalue weighted by Crippen LogP contribution is -2.34. The summed E-state index contributed by atoms with van der Waals surface area (Å²) in [6.45, 7) is 3.47. The third-order valence-corrected chi connectivity index (χ3v) is 3.56. The van der Waals surface area contributed by atoms with Crippen molar-refractivity contribution < 1.29 is 0 Å². The van der Waals surface area contributed by atoms with Gasteiger partial charge in [0.15, 0.2) is 0 Å². The molecular formula is C12H24ClN. The Kier molecular flexibility index (Phi) is 6.63. The fourth-order valence-corrected chi connectivity index (χ4v) is 2.37. The van der Waals surface area contributed by atoms with Crippen molar-refractivity contribution in [3.63, 3.8) is 0 Å². The normalized spacial score (nSPS) is 27.9. The van der Waals surface area contributed by atoms with Gasteiger partial charge in [0, 0.05) is 11.4 Å². The van der Waals surface area contributed by atoms with Crippen LogP contribution < -0.4 is 5.32 Å². The summed E-state index contributed by atoms with van der Waals surface area (Å²) in [5, 5.41) is 4.09. The zero-order valence-electron chi connectivity index (χ0n) is 9.40. The van der Waals surface area contributed by atoms with E-state index in [1.807, 2.05) is 0 Å². The summed E-state index contributed by atoms with van der Waals surface area (Å²) in [7, 11) is 0. The molecule has 1 N–H and O–H groups in total. The van der Waals surface area contributed by atoms with Gasteiger partial charge < -0.3 is 5.32 Å². The van der Waals surface area contributed by atoms with Crippen molar-refractivity contribution in [2.24, 2.45) is 0 Å². The number of halogens is 1. The lowest BCUT2D eigenvalue weighted by atomic mass is 9.95. The van der Waals surface area contributed by atoms with E-state index in [2.05, 4.69) is 12.2 Å². The molecule has 0 aromatic rings. The van der Waals surface area contributed by atoms with E-state index in [-0.39, 0.29) is 0 Å². The average molecular weight is 218 g/mol. The second kappa shape index (κ2) is 7.53. The molecule has 0 aliphatic heterocycles. The van der Waals surface area contributed by atoms with Crippen LogP contribution in [0.15, 0.2) is 0 Å². The van der Waals surface area contributed by atoms with Gasteiger partial charge in [0.25, 0.3) is 0 Å². The lowest BCUT2D eigenvalue weighted by molar-refractivity contribution is 0.374. The van der Waals surface area contributed by atoms with E-state index in [4.69, 9.17) is 11.6 Å². The second-order valence-electron chi connectivity index (χ2n) is 4.46. The van der Waals surface area contributed by atoms with Crippen molar-refractivity contribution in [3.8, 4) is 0 Å². The van der Waals surface area contributed by atoms with Crippen LogP contribution in [-0.4, -0.2) is 18.0 Å². The quantitative estimate of drug-likeness (QED) is 0.529. The molecule has 0 radical (unpaired) electrons. The maximum Gasteiger partial charge on any atom is 0.0337 e. The van der Waals surface area contributed by atoms with E-state index >= 15 is 0 Å². The van der Waals surface area contributed by atoms with Gasteiger partial charge in [0.1, 0.15) is 0 Å². The number of nitrogens with one attached hydrogen (secondary N) is 1. The molecule has 0 bridgehead atoms. The van der Waals surface area contributed by atoms with Gasteiger partial charge in [-0.05, 0) is 38.6 Å². The highest BCUT2D eigenvalue weighted by molar-refractivity contribution is 6.20. The van der Waals surface area contributed by atoms with Crippen LogP contribution in [0.5, 0.6) is 0 Å². The molecule has 0 unspecified atom stereocenters. The van der Waals surface area contributed by atoms with Gasteiger partial charge in [-0.3, -0.25) is 0 Å². The molecule has 0 saturated heterocycles. The Bertz CT molecular complexity index is 130. The highest BCUT2D eigenvalue weighted by Gasteiger charge is 2.18. The average Bonchev–Trinajstić information content (AvgIpc) is 2.21. The van der Waals surface area contributed by atoms with Gasteiger partial charge >= 0.3 is 0 Å². The van der Waals surface area contributed by atoms with Crippen LogP contribution in [0.3, 0.4) is 0 Å². The molecule has 1 aliphatic rings. The molecular weight excluding hydrogens is 194 g/mol. The van der Waals surface area contributed by atoms with Crippen molar-refractivity contribution in [2.45, 2.75) is 69.7 Å². The Morgan fingerprint density at radius 1 is 1.07 bits per heavy atom. The topological polar surface area (TPSA) is 12.0 Å². The summed E-state index contributed by atoms with van der Waals surface area (Å²) in [4.78, 5) is 0. The predicted molar refractivity (Wildman–Crippen MR) is 64.0 cm³/mol. The van der Waals surface area contributed by atoms with Crippen LogP contribution in [0.1, 0.15) is 58.3 Å². The summed E-state index contributed by atoms with van der Waals surface area (Å²) in [5.41, 5.74) is 0. The highest BCUT2D eigenvalue weighted by atomic mass is 35.5. The van der Waals surface area contributed by atoms with Crippen LogP contribution >= 0.6 is 11.6 Å². The van der Waals surface area contributed by atoms with Gasteiger partial charge in [-0.15, -0.1) is 11.6 Å². The third kappa shape index (κ3) is 5.21. The lowest BCUT2D eigenvalue weighted by Gasteiger charge is -2.25. The minimum atomic E-state index is 0.452. The van der Waals surface area contributed by atoms with Gasteiger partial charge in [-0.2, -0.15) is 0 Å². The zero-order valence-corrected chi connectivity index (χ0v) is 10.2. The van der Waals surface area contributed by atoms with Crippen LogP contribution in [0, 0.1) is 0 Å². The molecule has 2 heteroatoms. The Labute approximate surface area is 93.6 Å². The first-order valence-electron chi connectivity index (χ1n) is 6.20. The molecule has 0 atom stereocenters. The van der Waals surface area contributed by atoms with Crippen molar-refractivity contribution >= 4 is 11.6 Å². The number of alkyl halides is 1. The summed E-state index contributed by atoms with van der Waals surface area (Å²) >= 11 is 6.06. The first kappa shape index (κ1) is 12.3. The summed E-state index contributed by atoms with van der Waals surface area (Å²) in [5.74, 6) is 0. The molecule has 1 nitrogen and oxygen atoms in total. The standard InChI is InChI=1S/C12H24ClN/c1-2-3-4-5-10-14-12-8-6-11(13)7-9-12/h11-12,14H,2-10H2,1H3. The molecule has 14 heavy (non-hydrogen) atoms. The molecule has 0 aromatic carbocycles. The molecule has 1 saturated carbocycles. The highest BCUT2D eigenvalue weighted by Crippen LogP contribution is 2.22. The van der Waals surface area contributed by atoms with E-state index in [1.165, 1.54) is 57.9 Å². The minimum Gasteiger partial charge on any atom is -0.314 e. The molecule has 0 aromatic heterocycles. The van der Waals surface area contributed by atoms with Gasteiger partial charge in [0.05, 0.1) is 0 Å². The Morgan fingerprint density at radius 2 is 1.79 bits per heavy atom. The predicted octanol–water partition coefficient (Wildman–Crippen LogP) is 3.71. The smallest absolute Gasteiger partial charge is 0.0337 e. The molecule has 0 amide bonds. The Balaban J connectivity index is 1.91. The van der Waals surface area contributed by atoms with Gasteiger partial charge in [0.2, 0.25) is 0 Å². The maximum atomic E-state index is 6.06. The van der Waals surface area contributed by atoms with Crippen molar-refractivity contribution in [1.82, 2.24) is 5.32 Å². The number of hydrogen-bond acceptors (Lipinski definition) is 1. The number of hydrogen-bond donors (Lipinski definition) is 1. The fraction of sp³-hybridized carbons (Fsp3) is 1.00. The minimum absolute atomic E-state index is 0.452. The van der Waals surface area contributed by atoms with E-state index < -0.39 is 0 Å². The van der Waals surface area contributed by atoms with Crippen LogP contribution in [0.4, 0.5) is 0 Å². The van der Waals surface area contributed by atoms with E-state index in [1.54, 1.807) is 0 Å². The Morgan fingerprint density at radius 3 is 2.43 bits per heavy atom. The first-order valence-corrected chi connectivity index (χ1v) is 6.64. The number of unbranched alkanes of at least 4 members (excludes halogenated alkanes) is 3. The monoisotopic (exact) mass is 217 g/mol. The second-order valence-corrected chi connectivity index (χ2v) is 5.08. The number of rotatable bonds is 6. The molecule has 0 heterocycles. The zero-order chi connectivity index (χ0) is 10.2. The SMILES string of the molecule is CCCCCCNC1CCC(Cl)CC1. The van der Waals surface area contributed by atoms with Crippen molar-refractivity contribution in [3.05, 3.63) is 0 Å². The van der Waals surface area contributed by atoms with Crippen LogP contribution in [-0.2, 0) is 0 Å². The van der Waals surface area contributed by atoms with Crippen molar-refractivity contribution in [2.75, 3.05) is 6.54 Å². The van der Waals surface area contributed by atoms with Gasteiger partial charge in [-0.25, -0.2) is 0 Å². The summed E-state index contributed by atoms with van der Waals surface area (Å²) in [6, 6.07) is 0.756. The van der Waals surface area contributed by atoms with Crippen LogP contribution in [0.2, 0.25) is 0 Å². The third-order valence-electron chi connectivity index (χ3n) is 3.12. The molecule has 1 fully saturated rings. The molecule has 84 valence electrons. The largest absolute Gasteiger partial charge is 0.314 e.